The van der Waals surface area contributed by atoms with Gasteiger partial charge in [-0.3, -0.25) is 9.20 Å². The number of benzene rings is 1. The van der Waals surface area contributed by atoms with Gasteiger partial charge in [0.25, 0.3) is 0 Å². The lowest BCUT2D eigenvalue weighted by Crippen LogP contribution is -2.15. The van der Waals surface area contributed by atoms with E-state index in [0.717, 1.165) is 33.2 Å². The summed E-state index contributed by atoms with van der Waals surface area (Å²) in [5.41, 5.74) is 4.04. The number of hydrogen-bond donors (Lipinski definition) is 1. The molecule has 0 atom stereocenters. The number of rotatable bonds is 4. The Morgan fingerprint density at radius 3 is 2.92 bits per heavy atom. The zero-order valence-electron chi connectivity index (χ0n) is 13.8. The smallest absolute Gasteiger partial charge is 0.229 e. The minimum absolute atomic E-state index is 0.108. The number of thiazole rings is 1. The molecule has 0 aliphatic carbocycles. The van der Waals surface area contributed by atoms with E-state index in [2.05, 4.69) is 15.5 Å². The standard InChI is InChI=1S/C18H16N4O2S/c1-11-14(12(2)24-21-11)9-17(23)19-15-6-4-3-5-13(15)16-10-22-7-8-25-18(22)20-16/h3-8,10H,9H2,1-2H3,(H,19,23). The van der Waals surface area contributed by atoms with Crippen LogP contribution >= 0.6 is 11.3 Å². The summed E-state index contributed by atoms with van der Waals surface area (Å²) in [7, 11) is 0. The number of hydrogen-bond acceptors (Lipinski definition) is 5. The Morgan fingerprint density at radius 2 is 2.16 bits per heavy atom. The van der Waals surface area contributed by atoms with E-state index in [-0.39, 0.29) is 12.3 Å². The molecule has 0 aliphatic rings. The van der Waals surface area contributed by atoms with E-state index in [1.54, 1.807) is 11.3 Å². The van der Waals surface area contributed by atoms with Crippen molar-refractivity contribution in [3.05, 3.63) is 59.1 Å². The van der Waals surface area contributed by atoms with Crippen LogP contribution in [-0.2, 0) is 11.2 Å². The van der Waals surface area contributed by atoms with Crippen molar-refractivity contribution in [2.75, 3.05) is 5.32 Å². The van der Waals surface area contributed by atoms with E-state index in [0.29, 0.717) is 5.76 Å². The molecule has 4 rings (SSSR count). The highest BCUT2D eigenvalue weighted by Gasteiger charge is 2.16. The molecule has 0 saturated heterocycles. The number of amides is 1. The van der Waals surface area contributed by atoms with Crippen LogP contribution in [0.15, 0.2) is 46.6 Å². The second-order valence-corrected chi connectivity index (χ2v) is 6.67. The lowest BCUT2D eigenvalue weighted by Gasteiger charge is -2.09. The highest BCUT2D eigenvalue weighted by atomic mass is 32.1. The Kier molecular flexibility index (Phi) is 3.85. The lowest BCUT2D eigenvalue weighted by molar-refractivity contribution is -0.115. The number of nitrogens with one attached hydrogen (secondary N) is 1. The van der Waals surface area contributed by atoms with E-state index in [1.807, 2.05) is 60.3 Å². The first-order chi connectivity index (χ1) is 12.1. The van der Waals surface area contributed by atoms with Crippen molar-refractivity contribution < 1.29 is 9.32 Å². The summed E-state index contributed by atoms with van der Waals surface area (Å²) in [5, 5.41) is 8.87. The first-order valence-corrected chi connectivity index (χ1v) is 8.73. The van der Waals surface area contributed by atoms with Crippen molar-refractivity contribution in [3.8, 4) is 11.3 Å². The highest BCUT2D eigenvalue weighted by Crippen LogP contribution is 2.28. The van der Waals surface area contributed by atoms with Gasteiger partial charge < -0.3 is 9.84 Å². The number of imidazole rings is 1. The van der Waals surface area contributed by atoms with Crippen LogP contribution in [0.1, 0.15) is 17.0 Å². The van der Waals surface area contributed by atoms with Crippen LogP contribution in [0.2, 0.25) is 0 Å². The molecule has 0 radical (unpaired) electrons. The molecule has 0 bridgehead atoms. The molecule has 0 saturated carbocycles. The van der Waals surface area contributed by atoms with Gasteiger partial charge in [-0.1, -0.05) is 23.4 Å². The van der Waals surface area contributed by atoms with Gasteiger partial charge in [0.2, 0.25) is 5.91 Å². The Labute approximate surface area is 148 Å². The number of carbonyl (C=O) groups excluding carboxylic acids is 1. The zero-order valence-corrected chi connectivity index (χ0v) is 14.6. The Morgan fingerprint density at radius 1 is 1.32 bits per heavy atom. The third-order valence-electron chi connectivity index (χ3n) is 4.09. The van der Waals surface area contributed by atoms with E-state index in [4.69, 9.17) is 4.52 Å². The van der Waals surface area contributed by atoms with E-state index < -0.39 is 0 Å². The number of nitrogens with zero attached hydrogens (tertiary/aromatic N) is 3. The predicted molar refractivity (Wildman–Crippen MR) is 96.8 cm³/mol. The molecule has 126 valence electrons. The highest BCUT2D eigenvalue weighted by molar-refractivity contribution is 7.15. The van der Waals surface area contributed by atoms with Crippen LogP contribution in [-0.4, -0.2) is 20.4 Å². The minimum Gasteiger partial charge on any atom is -0.361 e. The summed E-state index contributed by atoms with van der Waals surface area (Å²) < 4.78 is 7.10. The molecule has 7 heteroatoms. The Hall–Kier alpha value is -2.93. The fourth-order valence-corrected chi connectivity index (χ4v) is 3.48. The second kappa shape index (κ2) is 6.18. The topological polar surface area (TPSA) is 72.4 Å². The van der Waals surface area contributed by atoms with Gasteiger partial charge in [0.05, 0.1) is 23.5 Å². The SMILES string of the molecule is Cc1noc(C)c1CC(=O)Nc1ccccc1-c1cn2ccsc2n1. The molecule has 1 amide bonds. The average molecular weight is 352 g/mol. The van der Waals surface area contributed by atoms with Crippen molar-refractivity contribution in [3.63, 3.8) is 0 Å². The summed E-state index contributed by atoms with van der Waals surface area (Å²) in [6.45, 7) is 3.65. The average Bonchev–Trinajstić information content (AvgIpc) is 3.26. The van der Waals surface area contributed by atoms with Crippen molar-refractivity contribution in [2.45, 2.75) is 20.3 Å². The summed E-state index contributed by atoms with van der Waals surface area (Å²) in [6, 6.07) is 7.67. The van der Waals surface area contributed by atoms with Gasteiger partial charge in [0, 0.05) is 28.9 Å². The van der Waals surface area contributed by atoms with Crippen molar-refractivity contribution in [1.29, 1.82) is 0 Å². The summed E-state index contributed by atoms with van der Waals surface area (Å²) in [6.07, 6.45) is 4.16. The van der Waals surface area contributed by atoms with E-state index in [9.17, 15) is 4.79 Å². The predicted octanol–water partition coefficient (Wildman–Crippen LogP) is 3.85. The van der Waals surface area contributed by atoms with Crippen LogP contribution in [0.5, 0.6) is 0 Å². The molecule has 0 unspecified atom stereocenters. The summed E-state index contributed by atoms with van der Waals surface area (Å²) in [4.78, 5) is 18.0. The fourth-order valence-electron chi connectivity index (χ4n) is 2.78. The van der Waals surface area contributed by atoms with Crippen LogP contribution in [0.3, 0.4) is 0 Å². The lowest BCUT2D eigenvalue weighted by atomic mass is 10.1. The number of fused-ring (bicyclic) bond motifs is 1. The number of anilines is 1. The monoisotopic (exact) mass is 352 g/mol. The maximum Gasteiger partial charge on any atom is 0.229 e. The van der Waals surface area contributed by atoms with Crippen LogP contribution in [0.4, 0.5) is 5.69 Å². The van der Waals surface area contributed by atoms with Crippen LogP contribution in [0.25, 0.3) is 16.2 Å². The second-order valence-electron chi connectivity index (χ2n) is 5.79. The van der Waals surface area contributed by atoms with E-state index in [1.165, 1.54) is 0 Å². The summed E-state index contributed by atoms with van der Waals surface area (Å²) >= 11 is 1.58. The number of carbonyl (C=O) groups is 1. The molecule has 0 aliphatic heterocycles. The maximum absolute atomic E-state index is 12.5. The summed E-state index contributed by atoms with van der Waals surface area (Å²) in [5.74, 6) is 0.568. The fraction of sp³-hybridized carbons (Fsp3) is 0.167. The maximum atomic E-state index is 12.5. The van der Waals surface area contributed by atoms with Gasteiger partial charge >= 0.3 is 0 Å². The molecule has 3 aromatic heterocycles. The Balaban J connectivity index is 1.61. The van der Waals surface area contributed by atoms with Crippen molar-refractivity contribution >= 4 is 27.9 Å². The number of para-hydroxylation sites is 1. The van der Waals surface area contributed by atoms with Gasteiger partial charge in [-0.05, 0) is 19.9 Å². The zero-order chi connectivity index (χ0) is 17.4. The van der Waals surface area contributed by atoms with Crippen molar-refractivity contribution in [2.24, 2.45) is 0 Å². The molecule has 1 aromatic carbocycles. The minimum atomic E-state index is -0.108. The van der Waals surface area contributed by atoms with Crippen LogP contribution < -0.4 is 5.32 Å². The van der Waals surface area contributed by atoms with Gasteiger partial charge in [0.15, 0.2) is 4.96 Å². The Bertz CT molecular complexity index is 1010. The molecule has 1 N–H and O–H groups in total. The van der Waals surface area contributed by atoms with Gasteiger partial charge in [-0.2, -0.15) is 0 Å². The number of aryl methyl sites for hydroxylation is 2. The largest absolute Gasteiger partial charge is 0.361 e. The van der Waals surface area contributed by atoms with E-state index >= 15 is 0 Å². The quantitative estimate of drug-likeness (QED) is 0.605. The molecule has 25 heavy (non-hydrogen) atoms. The molecule has 4 aromatic rings. The first-order valence-electron chi connectivity index (χ1n) is 7.85. The van der Waals surface area contributed by atoms with Gasteiger partial charge in [0.1, 0.15) is 5.76 Å². The first kappa shape index (κ1) is 15.6. The molecule has 0 spiro atoms. The van der Waals surface area contributed by atoms with Crippen LogP contribution in [0, 0.1) is 13.8 Å². The third-order valence-corrected chi connectivity index (χ3v) is 4.86. The number of aromatic nitrogens is 3. The molecular weight excluding hydrogens is 336 g/mol. The molecule has 0 fully saturated rings. The van der Waals surface area contributed by atoms with Crippen molar-refractivity contribution in [1.82, 2.24) is 14.5 Å². The molecule has 6 nitrogen and oxygen atoms in total. The van der Waals surface area contributed by atoms with Gasteiger partial charge in [-0.15, -0.1) is 11.3 Å². The molecule has 3 heterocycles. The molecular formula is C18H16N4O2S. The normalized spacial score (nSPS) is 11.1. The third kappa shape index (κ3) is 2.94. The van der Waals surface area contributed by atoms with Gasteiger partial charge in [-0.25, -0.2) is 4.98 Å².